The number of carbonyl (C=O) groups is 1. The number of hydrogen-bond acceptors (Lipinski definition) is 6. The normalized spacial score (nSPS) is 20.3. The molecule has 0 aromatic heterocycles. The monoisotopic (exact) mass is 356 g/mol. The van der Waals surface area contributed by atoms with Gasteiger partial charge in [-0.2, -0.15) is 0 Å². The van der Waals surface area contributed by atoms with Gasteiger partial charge in [0.1, 0.15) is 23.4 Å². The maximum Gasteiger partial charge on any atom is 0.235 e. The van der Waals surface area contributed by atoms with Crippen molar-refractivity contribution in [3.05, 3.63) is 34.1 Å². The first-order valence-corrected chi connectivity index (χ1v) is 8.37. The summed E-state index contributed by atoms with van der Waals surface area (Å²) in [6.45, 7) is 7.48. The summed E-state index contributed by atoms with van der Waals surface area (Å²) in [6.07, 6.45) is -0.281. The molecular formula is C20H20O6. The highest BCUT2D eigenvalue weighted by molar-refractivity contribution is 6.26. The number of Topliss-reactive ketones (excluding diaryl/α,β-unsaturated/α-hetero) is 1. The number of ether oxygens (including phenoxy) is 2. The van der Waals surface area contributed by atoms with Crippen LogP contribution < -0.4 is 4.74 Å². The van der Waals surface area contributed by atoms with E-state index in [1.807, 2.05) is 20.8 Å². The van der Waals surface area contributed by atoms with Crippen LogP contribution in [0.1, 0.15) is 47.8 Å². The minimum absolute atomic E-state index is 0.0245. The number of allylic oxidation sites excluding steroid dienone is 1. The molecule has 2 aliphatic rings. The van der Waals surface area contributed by atoms with Gasteiger partial charge in [-0.05, 0) is 25.5 Å². The Morgan fingerprint density at radius 2 is 1.81 bits per heavy atom. The number of ketones is 1. The van der Waals surface area contributed by atoms with Crippen molar-refractivity contribution in [2.45, 2.75) is 39.2 Å². The second-order valence-electron chi connectivity index (χ2n) is 7.46. The van der Waals surface area contributed by atoms with Crippen LogP contribution in [-0.4, -0.2) is 34.3 Å². The van der Waals surface area contributed by atoms with Crippen LogP contribution in [0.3, 0.4) is 0 Å². The van der Waals surface area contributed by atoms with Crippen LogP contribution in [0.2, 0.25) is 0 Å². The van der Waals surface area contributed by atoms with Gasteiger partial charge in [-0.25, -0.2) is 0 Å². The molecule has 1 atom stereocenters. The highest BCUT2D eigenvalue weighted by atomic mass is 16.5. The Hall–Kier alpha value is -2.89. The lowest BCUT2D eigenvalue weighted by Crippen LogP contribution is -2.28. The molecule has 2 aromatic rings. The van der Waals surface area contributed by atoms with E-state index in [4.69, 9.17) is 9.47 Å². The lowest BCUT2D eigenvalue weighted by molar-refractivity contribution is 0.0966. The average Bonchev–Trinajstić information content (AvgIpc) is 2.79. The largest absolute Gasteiger partial charge is 0.507 e. The topological polar surface area (TPSA) is 96.2 Å². The number of aromatic hydroxyl groups is 2. The molecule has 0 amide bonds. The van der Waals surface area contributed by atoms with E-state index in [9.17, 15) is 20.1 Å². The van der Waals surface area contributed by atoms with E-state index in [0.29, 0.717) is 21.9 Å². The maximum atomic E-state index is 13.0. The summed E-state index contributed by atoms with van der Waals surface area (Å²) in [5, 5.41) is 32.8. The molecule has 0 spiro atoms. The SMILES string of the molecule is COC1=C(O)C(=O)c2c3c(c(O)c4c(C)cc(O)c1c24)C(C)(C)[C@@H](C)O3. The second-order valence-corrected chi connectivity index (χ2v) is 7.46. The zero-order valence-electron chi connectivity index (χ0n) is 15.2. The molecule has 2 aromatic carbocycles. The number of aliphatic hydroxyl groups excluding tert-OH is 1. The summed E-state index contributed by atoms with van der Waals surface area (Å²) in [7, 11) is 1.31. The molecule has 0 radical (unpaired) electrons. The van der Waals surface area contributed by atoms with Crippen LogP contribution in [0.25, 0.3) is 16.5 Å². The number of rotatable bonds is 1. The van der Waals surface area contributed by atoms with Gasteiger partial charge < -0.3 is 24.8 Å². The van der Waals surface area contributed by atoms with Gasteiger partial charge in [0.25, 0.3) is 0 Å². The minimum atomic E-state index is -0.648. The first-order valence-electron chi connectivity index (χ1n) is 8.37. The third kappa shape index (κ3) is 1.69. The number of methoxy groups -OCH3 is 1. The smallest absolute Gasteiger partial charge is 0.235 e. The van der Waals surface area contributed by atoms with Crippen LogP contribution in [0, 0.1) is 6.92 Å². The molecule has 0 saturated carbocycles. The van der Waals surface area contributed by atoms with Crippen molar-refractivity contribution >= 4 is 22.3 Å². The van der Waals surface area contributed by atoms with Gasteiger partial charge in [-0.15, -0.1) is 0 Å². The first kappa shape index (κ1) is 16.6. The predicted octanol–water partition coefficient (Wildman–Crippen LogP) is 3.69. The minimum Gasteiger partial charge on any atom is -0.507 e. The molecule has 3 N–H and O–H groups in total. The fourth-order valence-corrected chi connectivity index (χ4v) is 4.05. The Morgan fingerprint density at radius 1 is 1.15 bits per heavy atom. The average molecular weight is 356 g/mol. The number of aryl methyl sites for hydroxylation is 1. The van der Waals surface area contributed by atoms with Crippen molar-refractivity contribution in [2.24, 2.45) is 0 Å². The predicted molar refractivity (Wildman–Crippen MR) is 96.0 cm³/mol. The highest BCUT2D eigenvalue weighted by Crippen LogP contribution is 2.57. The van der Waals surface area contributed by atoms with Gasteiger partial charge in [0.2, 0.25) is 11.5 Å². The first-order chi connectivity index (χ1) is 12.1. The molecule has 6 nitrogen and oxygen atoms in total. The number of phenolic OH excluding ortho intramolecular Hbond substituents is 2. The van der Waals surface area contributed by atoms with E-state index < -0.39 is 17.0 Å². The van der Waals surface area contributed by atoms with Crippen molar-refractivity contribution < 1.29 is 29.6 Å². The van der Waals surface area contributed by atoms with Gasteiger partial charge >= 0.3 is 0 Å². The van der Waals surface area contributed by atoms with Gasteiger partial charge in [0, 0.05) is 21.8 Å². The summed E-state index contributed by atoms with van der Waals surface area (Å²) in [4.78, 5) is 13.0. The van der Waals surface area contributed by atoms with Crippen LogP contribution in [0.4, 0.5) is 0 Å². The van der Waals surface area contributed by atoms with Crippen molar-refractivity contribution in [2.75, 3.05) is 7.11 Å². The molecule has 0 fully saturated rings. The molecule has 6 heteroatoms. The van der Waals surface area contributed by atoms with Crippen LogP contribution in [0.5, 0.6) is 17.2 Å². The Kier molecular flexibility index (Phi) is 3.09. The molecule has 0 saturated heterocycles. The van der Waals surface area contributed by atoms with E-state index in [2.05, 4.69) is 0 Å². The van der Waals surface area contributed by atoms with Gasteiger partial charge in [-0.1, -0.05) is 13.8 Å². The van der Waals surface area contributed by atoms with Crippen molar-refractivity contribution in [3.8, 4) is 17.2 Å². The van der Waals surface area contributed by atoms with E-state index in [1.54, 1.807) is 6.92 Å². The Bertz CT molecular complexity index is 1040. The van der Waals surface area contributed by atoms with Crippen molar-refractivity contribution in [1.82, 2.24) is 0 Å². The third-order valence-corrected chi connectivity index (χ3v) is 5.73. The van der Waals surface area contributed by atoms with Crippen molar-refractivity contribution in [1.29, 1.82) is 0 Å². The van der Waals surface area contributed by atoms with E-state index in [0.717, 1.165) is 0 Å². The molecule has 1 aliphatic heterocycles. The fourth-order valence-electron chi connectivity index (χ4n) is 4.05. The summed E-state index contributed by atoms with van der Waals surface area (Å²) >= 11 is 0. The maximum absolute atomic E-state index is 13.0. The van der Waals surface area contributed by atoms with E-state index >= 15 is 0 Å². The highest BCUT2D eigenvalue weighted by Gasteiger charge is 2.47. The zero-order chi connectivity index (χ0) is 19.1. The zero-order valence-corrected chi connectivity index (χ0v) is 15.2. The Balaban J connectivity index is 2.32. The standard InChI is InChI=1S/C20H20O6/c1-7-6-9(21)11-12-10(7)15(22)14-18(26-8(2)20(14,3)4)13(12)16(23)17(24)19(11)25-5/h6,8,21-22,24H,1-5H3/t8-/m1/s1. The Labute approximate surface area is 150 Å². The number of benzene rings is 2. The molecule has 0 bridgehead atoms. The lowest BCUT2D eigenvalue weighted by atomic mass is 9.77. The number of phenols is 2. The number of fused-ring (bicyclic) bond motifs is 2. The van der Waals surface area contributed by atoms with Gasteiger partial charge in [-0.3, -0.25) is 4.79 Å². The third-order valence-electron chi connectivity index (χ3n) is 5.73. The number of hydrogen-bond donors (Lipinski definition) is 3. The van der Waals surface area contributed by atoms with E-state index in [-0.39, 0.29) is 40.2 Å². The van der Waals surface area contributed by atoms with Gasteiger partial charge in [0.15, 0.2) is 5.76 Å². The van der Waals surface area contributed by atoms with Crippen LogP contribution in [0.15, 0.2) is 11.8 Å². The summed E-state index contributed by atoms with van der Waals surface area (Å²) < 4.78 is 11.1. The molecule has 0 unspecified atom stereocenters. The number of carbonyl (C=O) groups excluding carboxylic acids is 1. The summed E-state index contributed by atoms with van der Waals surface area (Å²) in [6, 6.07) is 1.49. The molecule has 1 aliphatic carbocycles. The summed E-state index contributed by atoms with van der Waals surface area (Å²) in [5.41, 5.74) is 0.948. The fraction of sp³-hybridized carbons (Fsp3) is 0.350. The Morgan fingerprint density at radius 3 is 2.42 bits per heavy atom. The van der Waals surface area contributed by atoms with Crippen LogP contribution in [-0.2, 0) is 10.2 Å². The lowest BCUT2D eigenvalue weighted by Gasteiger charge is -2.25. The molecule has 136 valence electrons. The molecule has 26 heavy (non-hydrogen) atoms. The van der Waals surface area contributed by atoms with E-state index in [1.165, 1.54) is 13.2 Å². The van der Waals surface area contributed by atoms with Gasteiger partial charge in [0.05, 0.1) is 18.2 Å². The second kappa shape index (κ2) is 4.84. The van der Waals surface area contributed by atoms with Crippen molar-refractivity contribution in [3.63, 3.8) is 0 Å². The molecule has 4 rings (SSSR count). The molecule has 1 heterocycles. The quantitative estimate of drug-likeness (QED) is 0.721. The molecular weight excluding hydrogens is 336 g/mol. The number of aliphatic hydroxyl groups is 1. The summed E-state index contributed by atoms with van der Waals surface area (Å²) in [5.74, 6) is -1.21. The van der Waals surface area contributed by atoms with Crippen LogP contribution >= 0.6 is 0 Å².